The van der Waals surface area contributed by atoms with Crippen LogP contribution in [0, 0.1) is 11.8 Å². The van der Waals surface area contributed by atoms with Gasteiger partial charge in [0.25, 0.3) is 0 Å². The first-order valence-corrected chi connectivity index (χ1v) is 3.95. The van der Waals surface area contributed by atoms with Gasteiger partial charge in [0.15, 0.2) is 4.91 Å². The fourth-order valence-corrected chi connectivity index (χ4v) is 1.19. The van der Waals surface area contributed by atoms with Crippen LogP contribution in [0.1, 0.15) is 11.1 Å². The van der Waals surface area contributed by atoms with Crippen LogP contribution in [-0.4, -0.2) is 6.21 Å². The second-order valence-electron chi connectivity index (χ2n) is 2.24. The van der Waals surface area contributed by atoms with Gasteiger partial charge in [0, 0.05) is 4.47 Å². The minimum absolute atomic E-state index is 0.856. The van der Waals surface area contributed by atoms with Gasteiger partial charge in [-0.2, -0.15) is 0 Å². The van der Waals surface area contributed by atoms with E-state index in [1.54, 1.807) is 0 Å². The predicted molar refractivity (Wildman–Crippen MR) is 49.5 cm³/mol. The van der Waals surface area contributed by atoms with Crippen molar-refractivity contribution in [2.24, 2.45) is 0 Å². The summed E-state index contributed by atoms with van der Waals surface area (Å²) in [5.74, 6) is 0. The quantitative estimate of drug-likeness (QED) is 0.518. The maximum atomic E-state index is 9.92. The Kier molecular flexibility index (Phi) is 2.58. The second-order valence-corrected chi connectivity index (χ2v) is 3.15. The van der Waals surface area contributed by atoms with E-state index < -0.39 is 0 Å². The molecule has 0 radical (unpaired) electrons. The van der Waals surface area contributed by atoms with Crippen LogP contribution in [0.15, 0.2) is 22.7 Å². The average molecular weight is 213 g/mol. The third kappa shape index (κ3) is 2.00. The normalized spacial score (nSPS) is 8.91. The molecule has 0 bridgehead atoms. The lowest BCUT2D eigenvalue weighted by Gasteiger charge is -1.93. The van der Waals surface area contributed by atoms with Gasteiger partial charge in [0.2, 0.25) is 4.85 Å². The maximum Gasteiger partial charge on any atom is 0.369 e. The van der Waals surface area contributed by atoms with Crippen LogP contribution in [0.5, 0.6) is 0 Å². The number of rotatable bonds is 1. The Labute approximate surface area is 73.1 Å². The number of nitroso groups, excluding NO2 is 1. The fraction of sp³-hybridized carbons (Fsp3) is 0.125. The molecule has 0 saturated carbocycles. The molecule has 0 aromatic heterocycles. The Hall–Kier alpha value is -0.920. The summed E-state index contributed by atoms with van der Waals surface area (Å²) in [6.07, 6.45) is 1.31. The molecule has 0 fully saturated rings. The van der Waals surface area contributed by atoms with E-state index >= 15 is 0 Å². The van der Waals surface area contributed by atoms with Crippen molar-refractivity contribution in [2.45, 2.75) is 6.92 Å². The summed E-state index contributed by atoms with van der Waals surface area (Å²) in [4.78, 5) is 12.6. The molecule has 0 N–H and O–H groups in total. The first-order valence-electron chi connectivity index (χ1n) is 3.16. The molecule has 0 atom stereocenters. The van der Waals surface area contributed by atoms with E-state index in [1.165, 1.54) is 6.21 Å². The van der Waals surface area contributed by atoms with Gasteiger partial charge < -0.3 is 0 Å². The van der Waals surface area contributed by atoms with Gasteiger partial charge in [-0.3, -0.25) is 0 Å². The number of halogens is 1. The third-order valence-electron chi connectivity index (χ3n) is 1.43. The summed E-state index contributed by atoms with van der Waals surface area (Å²) >= 11 is 3.30. The number of hydrogen-bond donors (Lipinski definition) is 0. The van der Waals surface area contributed by atoms with Crippen molar-refractivity contribution in [1.82, 2.24) is 4.85 Å². The standard InChI is InChI=1S/C8H7BrNO/c1-6-2-3-8(9)4-7(6)5-10-11/h2-5H,1H3/q+1. The molecular formula is C8H7BrNO+. The number of benzene rings is 1. The average Bonchev–Trinajstić information content (AvgIpc) is 1.98. The van der Waals surface area contributed by atoms with Gasteiger partial charge in [-0.05, 0) is 24.6 Å². The largest absolute Gasteiger partial charge is 0.369 e. The minimum Gasteiger partial charge on any atom is -0.0573 e. The molecule has 0 aliphatic heterocycles. The van der Waals surface area contributed by atoms with E-state index in [1.807, 2.05) is 25.1 Å². The lowest BCUT2D eigenvalue weighted by Crippen LogP contribution is -1.87. The van der Waals surface area contributed by atoms with Gasteiger partial charge >= 0.3 is 6.21 Å². The molecule has 1 rings (SSSR count). The van der Waals surface area contributed by atoms with Crippen molar-refractivity contribution in [1.29, 1.82) is 0 Å². The molecule has 0 aliphatic rings. The Balaban J connectivity index is 3.22. The summed E-state index contributed by atoms with van der Waals surface area (Å²) in [5, 5.41) is 0. The van der Waals surface area contributed by atoms with E-state index in [9.17, 15) is 4.91 Å². The van der Waals surface area contributed by atoms with Crippen molar-refractivity contribution in [3.63, 3.8) is 0 Å². The molecule has 11 heavy (non-hydrogen) atoms. The van der Waals surface area contributed by atoms with Gasteiger partial charge in [-0.15, -0.1) is 0 Å². The monoisotopic (exact) mass is 212 g/mol. The summed E-state index contributed by atoms with van der Waals surface area (Å²) < 4.78 is 0.956. The predicted octanol–water partition coefficient (Wildman–Crippen LogP) is 2.01. The summed E-state index contributed by atoms with van der Waals surface area (Å²) in [5.41, 5.74) is 1.90. The highest BCUT2D eigenvalue weighted by molar-refractivity contribution is 9.10. The van der Waals surface area contributed by atoms with Crippen molar-refractivity contribution in [2.75, 3.05) is 0 Å². The van der Waals surface area contributed by atoms with Crippen LogP contribution >= 0.6 is 15.9 Å². The number of hydrogen-bond acceptors (Lipinski definition) is 1. The Morgan fingerprint density at radius 2 is 2.27 bits per heavy atom. The molecular weight excluding hydrogens is 206 g/mol. The first kappa shape index (κ1) is 8.18. The van der Waals surface area contributed by atoms with E-state index in [0.29, 0.717) is 0 Å². The van der Waals surface area contributed by atoms with Crippen molar-refractivity contribution in [3.05, 3.63) is 38.7 Å². The molecule has 56 valence electrons. The zero-order valence-corrected chi connectivity index (χ0v) is 7.63. The van der Waals surface area contributed by atoms with Crippen molar-refractivity contribution >= 4 is 22.1 Å². The number of nitrogens with zero attached hydrogens (tertiary/aromatic N) is 1. The van der Waals surface area contributed by atoms with Gasteiger partial charge in [-0.1, -0.05) is 22.0 Å². The highest BCUT2D eigenvalue weighted by Crippen LogP contribution is 2.13. The summed E-state index contributed by atoms with van der Waals surface area (Å²) in [7, 11) is 0. The van der Waals surface area contributed by atoms with E-state index in [4.69, 9.17) is 0 Å². The topological polar surface area (TPSA) is 31.2 Å². The van der Waals surface area contributed by atoms with Crippen molar-refractivity contribution < 1.29 is 0 Å². The molecule has 2 nitrogen and oxygen atoms in total. The summed E-state index contributed by atoms with van der Waals surface area (Å²) in [6.45, 7) is 1.93. The molecule has 0 spiro atoms. The van der Waals surface area contributed by atoms with Gasteiger partial charge in [0.05, 0.1) is 5.56 Å². The highest BCUT2D eigenvalue weighted by Gasteiger charge is 2.00. The Morgan fingerprint density at radius 1 is 1.55 bits per heavy atom. The number of aryl methyl sites for hydroxylation is 1. The van der Waals surface area contributed by atoms with E-state index in [0.717, 1.165) is 15.6 Å². The van der Waals surface area contributed by atoms with Crippen molar-refractivity contribution in [3.8, 4) is 0 Å². The van der Waals surface area contributed by atoms with Crippen LogP contribution in [0.3, 0.4) is 0 Å². The molecule has 3 heteroatoms. The zero-order valence-electron chi connectivity index (χ0n) is 6.04. The van der Waals surface area contributed by atoms with Gasteiger partial charge in [-0.25, -0.2) is 0 Å². The molecule has 0 heterocycles. The van der Waals surface area contributed by atoms with Crippen LogP contribution in [0.25, 0.3) is 0 Å². The first-order chi connectivity index (χ1) is 5.24. The van der Waals surface area contributed by atoms with E-state index in [-0.39, 0.29) is 0 Å². The molecule has 0 unspecified atom stereocenters. The Bertz CT molecular complexity index is 316. The van der Waals surface area contributed by atoms with Crippen LogP contribution in [0.4, 0.5) is 0 Å². The Morgan fingerprint density at radius 3 is 2.91 bits per heavy atom. The molecule has 0 amide bonds. The summed E-state index contributed by atoms with van der Waals surface area (Å²) in [6, 6.07) is 5.72. The smallest absolute Gasteiger partial charge is 0.0573 e. The van der Waals surface area contributed by atoms with E-state index in [2.05, 4.69) is 20.8 Å². The third-order valence-corrected chi connectivity index (χ3v) is 1.93. The zero-order chi connectivity index (χ0) is 8.27. The molecule has 1 aromatic carbocycles. The SMILES string of the molecule is Cc1ccc(Br)cc1C=[N+]=O. The van der Waals surface area contributed by atoms with Crippen LogP contribution in [0.2, 0.25) is 0 Å². The lowest BCUT2D eigenvalue weighted by molar-refractivity contribution is 1.43. The highest BCUT2D eigenvalue weighted by atomic mass is 79.9. The molecule has 1 aromatic rings. The lowest BCUT2D eigenvalue weighted by atomic mass is 10.1. The van der Waals surface area contributed by atoms with Gasteiger partial charge in [0.1, 0.15) is 0 Å². The van der Waals surface area contributed by atoms with Crippen LogP contribution < -0.4 is 4.85 Å². The maximum absolute atomic E-state index is 9.92. The fourth-order valence-electron chi connectivity index (χ4n) is 0.807. The second kappa shape index (κ2) is 3.46. The minimum atomic E-state index is 0.856. The molecule has 0 aliphatic carbocycles. The van der Waals surface area contributed by atoms with Crippen LogP contribution in [-0.2, 0) is 0 Å². The molecule has 0 saturated heterocycles.